The minimum atomic E-state index is -1.70. The number of hydrogen-bond acceptors (Lipinski definition) is 12. The Kier molecular flexibility index (Phi) is 6.91. The van der Waals surface area contributed by atoms with Gasteiger partial charge >= 0.3 is 11.9 Å². The molecule has 176 valence electrons. The average molecular weight is 448 g/mol. The van der Waals surface area contributed by atoms with Crippen molar-refractivity contribution in [2.75, 3.05) is 13.7 Å². The van der Waals surface area contributed by atoms with Crippen LogP contribution in [0.15, 0.2) is 11.8 Å². The van der Waals surface area contributed by atoms with Gasteiger partial charge in [0.25, 0.3) is 0 Å². The molecule has 0 aromatic carbocycles. The molecule has 0 radical (unpaired) electrons. The third-order valence-electron chi connectivity index (χ3n) is 6.02. The first-order valence-corrected chi connectivity index (χ1v) is 9.81. The Morgan fingerprint density at radius 2 is 1.84 bits per heavy atom. The third kappa shape index (κ3) is 4.29. The van der Waals surface area contributed by atoms with E-state index in [1.54, 1.807) is 6.92 Å². The van der Waals surface area contributed by atoms with Crippen LogP contribution in [0, 0.1) is 11.8 Å². The molecule has 2 aliphatic heterocycles. The molecule has 2 heterocycles. The zero-order valence-corrected chi connectivity index (χ0v) is 17.3. The number of carbonyl (C=O) groups excluding carboxylic acids is 2. The maximum Gasteiger partial charge on any atom is 0.337 e. The second-order valence-electron chi connectivity index (χ2n) is 8.13. The van der Waals surface area contributed by atoms with Crippen molar-refractivity contribution in [2.24, 2.45) is 11.8 Å². The molecule has 0 aromatic heterocycles. The van der Waals surface area contributed by atoms with Crippen LogP contribution in [0.2, 0.25) is 0 Å². The van der Waals surface area contributed by atoms with Crippen molar-refractivity contribution in [1.82, 2.24) is 0 Å². The van der Waals surface area contributed by atoms with E-state index < -0.39 is 79.1 Å². The molecule has 1 saturated heterocycles. The zero-order valence-electron chi connectivity index (χ0n) is 17.3. The van der Waals surface area contributed by atoms with Crippen LogP contribution < -0.4 is 0 Å². The lowest BCUT2D eigenvalue weighted by atomic mass is 9.80. The van der Waals surface area contributed by atoms with Crippen LogP contribution in [-0.4, -0.2) is 99.9 Å². The van der Waals surface area contributed by atoms with Crippen LogP contribution in [0.4, 0.5) is 0 Å². The van der Waals surface area contributed by atoms with Gasteiger partial charge in [0.2, 0.25) is 6.29 Å². The number of carbonyl (C=O) groups is 2. The molecule has 12 nitrogen and oxygen atoms in total. The van der Waals surface area contributed by atoms with Crippen molar-refractivity contribution < 1.29 is 58.8 Å². The predicted octanol–water partition coefficient (Wildman–Crippen LogP) is -2.47. The lowest BCUT2D eigenvalue weighted by Gasteiger charge is -2.44. The Balaban J connectivity index is 1.93. The van der Waals surface area contributed by atoms with Gasteiger partial charge in [-0.1, -0.05) is 0 Å². The monoisotopic (exact) mass is 448 g/mol. The van der Waals surface area contributed by atoms with Gasteiger partial charge in [0.15, 0.2) is 6.29 Å². The summed E-state index contributed by atoms with van der Waals surface area (Å²) in [6.07, 6.45) is -9.07. The molecule has 0 bridgehead atoms. The van der Waals surface area contributed by atoms with E-state index in [0.29, 0.717) is 0 Å². The number of methoxy groups -OCH3 is 1. The summed E-state index contributed by atoms with van der Waals surface area (Å²) < 4.78 is 26.8. The molecule has 12 heteroatoms. The van der Waals surface area contributed by atoms with Crippen molar-refractivity contribution in [3.8, 4) is 0 Å². The SMILES string of the molecule is COC(=O)C1=CO[C@H](O[C@H]2O[C@@H](CO)[C@H](O)[C@@H](O)[C@@H]2O)[C@@H]2[C@H]1[C@@H](O)C[C@@]2(C)OC(C)=O. The van der Waals surface area contributed by atoms with Gasteiger partial charge in [-0.2, -0.15) is 0 Å². The van der Waals surface area contributed by atoms with Crippen molar-refractivity contribution in [2.45, 2.75) is 69.0 Å². The summed E-state index contributed by atoms with van der Waals surface area (Å²) in [6, 6.07) is 0. The van der Waals surface area contributed by atoms with Gasteiger partial charge in [0.05, 0.1) is 37.6 Å². The van der Waals surface area contributed by atoms with Gasteiger partial charge in [-0.15, -0.1) is 0 Å². The summed E-state index contributed by atoms with van der Waals surface area (Å²) in [4.78, 5) is 23.9. The van der Waals surface area contributed by atoms with Gasteiger partial charge in [0, 0.05) is 19.3 Å². The van der Waals surface area contributed by atoms with Crippen LogP contribution >= 0.6 is 0 Å². The largest absolute Gasteiger partial charge is 0.471 e. The maximum atomic E-state index is 12.2. The van der Waals surface area contributed by atoms with Crippen LogP contribution in [0.5, 0.6) is 0 Å². The Bertz CT molecular complexity index is 723. The molecule has 5 N–H and O–H groups in total. The topological polar surface area (TPSA) is 181 Å². The number of esters is 2. The van der Waals surface area contributed by atoms with Gasteiger partial charge in [-0.3, -0.25) is 4.79 Å². The zero-order chi connectivity index (χ0) is 23.1. The molecule has 3 aliphatic rings. The van der Waals surface area contributed by atoms with E-state index in [1.165, 1.54) is 14.0 Å². The van der Waals surface area contributed by atoms with E-state index in [-0.39, 0.29) is 12.0 Å². The molecule has 3 rings (SSSR count). The smallest absolute Gasteiger partial charge is 0.337 e. The summed E-state index contributed by atoms with van der Waals surface area (Å²) in [7, 11) is 1.17. The van der Waals surface area contributed by atoms with E-state index in [1.807, 2.05) is 0 Å². The molecule has 31 heavy (non-hydrogen) atoms. The molecule has 0 spiro atoms. The quantitative estimate of drug-likeness (QED) is 0.280. The minimum absolute atomic E-state index is 0.0181. The third-order valence-corrected chi connectivity index (χ3v) is 6.02. The average Bonchev–Trinajstić information content (AvgIpc) is 2.98. The Morgan fingerprint density at radius 3 is 2.42 bits per heavy atom. The Labute approximate surface area is 177 Å². The molecule has 1 saturated carbocycles. The van der Waals surface area contributed by atoms with Gasteiger partial charge < -0.3 is 49.2 Å². The highest BCUT2D eigenvalue weighted by atomic mass is 16.8. The molecular formula is C19H28O12. The summed E-state index contributed by atoms with van der Waals surface area (Å²) >= 11 is 0. The van der Waals surface area contributed by atoms with Crippen LogP contribution in [0.3, 0.4) is 0 Å². The molecule has 0 unspecified atom stereocenters. The Hall–Kier alpha value is -1.80. The highest BCUT2D eigenvalue weighted by molar-refractivity contribution is 5.89. The summed E-state index contributed by atoms with van der Waals surface area (Å²) in [6.45, 7) is 2.09. The first kappa shape index (κ1) is 23.9. The Morgan fingerprint density at radius 1 is 1.16 bits per heavy atom. The predicted molar refractivity (Wildman–Crippen MR) is 97.6 cm³/mol. The lowest BCUT2D eigenvalue weighted by Crippen LogP contribution is -2.61. The fourth-order valence-corrected chi connectivity index (χ4v) is 4.63. The molecule has 2 fully saturated rings. The normalized spacial score (nSPS) is 44.6. The van der Waals surface area contributed by atoms with Crippen molar-refractivity contribution in [3.05, 3.63) is 11.8 Å². The second kappa shape index (κ2) is 8.98. The van der Waals surface area contributed by atoms with E-state index >= 15 is 0 Å². The van der Waals surface area contributed by atoms with E-state index in [4.69, 9.17) is 23.7 Å². The van der Waals surface area contributed by atoms with Crippen molar-refractivity contribution in [3.63, 3.8) is 0 Å². The van der Waals surface area contributed by atoms with Gasteiger partial charge in [-0.05, 0) is 6.92 Å². The van der Waals surface area contributed by atoms with E-state index in [0.717, 1.165) is 6.26 Å². The number of aliphatic hydroxyl groups excluding tert-OH is 5. The van der Waals surface area contributed by atoms with Gasteiger partial charge in [0.1, 0.15) is 30.0 Å². The minimum Gasteiger partial charge on any atom is -0.471 e. The van der Waals surface area contributed by atoms with E-state index in [2.05, 4.69) is 0 Å². The van der Waals surface area contributed by atoms with E-state index in [9.17, 15) is 35.1 Å². The number of fused-ring (bicyclic) bond motifs is 1. The molecule has 0 amide bonds. The lowest BCUT2D eigenvalue weighted by molar-refractivity contribution is -0.346. The van der Waals surface area contributed by atoms with Crippen LogP contribution in [0.25, 0.3) is 0 Å². The fraction of sp³-hybridized carbons (Fsp3) is 0.789. The number of aliphatic hydroxyl groups is 5. The molecule has 0 aromatic rings. The molecule has 10 atom stereocenters. The molecular weight excluding hydrogens is 420 g/mol. The van der Waals surface area contributed by atoms with Crippen LogP contribution in [0.1, 0.15) is 20.3 Å². The van der Waals surface area contributed by atoms with Gasteiger partial charge in [-0.25, -0.2) is 4.79 Å². The summed E-state index contributed by atoms with van der Waals surface area (Å²) in [5.74, 6) is -3.18. The summed E-state index contributed by atoms with van der Waals surface area (Å²) in [5, 5.41) is 50.3. The molecule has 1 aliphatic carbocycles. The first-order valence-electron chi connectivity index (χ1n) is 9.81. The highest BCUT2D eigenvalue weighted by Gasteiger charge is 2.61. The number of rotatable bonds is 5. The van der Waals surface area contributed by atoms with Crippen LogP contribution in [-0.2, 0) is 33.3 Å². The fourth-order valence-electron chi connectivity index (χ4n) is 4.63. The standard InChI is InChI=1S/C19H28O12/c1-7(21)31-19(2)4-9(22)11-8(16(26)27-3)6-28-17(12(11)19)30-18-15(25)14(24)13(23)10(5-20)29-18/h6,9-15,17-18,20,22-25H,4-5H2,1-3H3/t9-,10-,11+,12-,13-,14+,15-,17+,18+,19+/m0/s1. The summed E-state index contributed by atoms with van der Waals surface area (Å²) in [5.41, 5.74) is -1.30. The first-order chi connectivity index (χ1) is 14.5. The number of ether oxygens (including phenoxy) is 5. The van der Waals surface area contributed by atoms with Crippen molar-refractivity contribution >= 4 is 11.9 Å². The second-order valence-corrected chi connectivity index (χ2v) is 8.13. The van der Waals surface area contributed by atoms with Crippen molar-refractivity contribution in [1.29, 1.82) is 0 Å². The highest BCUT2D eigenvalue weighted by Crippen LogP contribution is 2.51. The maximum absolute atomic E-state index is 12.2. The number of hydrogen-bond donors (Lipinski definition) is 5.